The Morgan fingerprint density at radius 3 is 2.58 bits per heavy atom. The van der Waals surface area contributed by atoms with Crippen LogP contribution < -0.4 is 10.9 Å². The molecule has 0 fully saturated rings. The molecule has 1 atom stereocenters. The Morgan fingerprint density at radius 1 is 1.26 bits per heavy atom. The minimum absolute atomic E-state index is 0.0441. The van der Waals surface area contributed by atoms with Crippen LogP contribution in [0.5, 0.6) is 0 Å². The number of nitrogens with one attached hydrogen (secondary N) is 1. The zero-order chi connectivity index (χ0) is 22.8. The van der Waals surface area contributed by atoms with Crippen LogP contribution >= 0.6 is 11.6 Å². The van der Waals surface area contributed by atoms with Crippen LogP contribution in [-0.4, -0.2) is 38.4 Å². The quantitative estimate of drug-likeness (QED) is 0.620. The van der Waals surface area contributed by atoms with Gasteiger partial charge in [-0.15, -0.1) is 0 Å². The molecule has 0 aliphatic rings. The minimum atomic E-state index is -4.61. The number of aliphatic hydroxyl groups excluding tert-OH is 1. The lowest BCUT2D eigenvalue weighted by Crippen LogP contribution is -2.39. The summed E-state index contributed by atoms with van der Waals surface area (Å²) in [6.07, 6.45) is -3.66. The van der Waals surface area contributed by atoms with Crippen molar-refractivity contribution in [2.24, 2.45) is 0 Å². The van der Waals surface area contributed by atoms with Crippen molar-refractivity contribution in [3.05, 3.63) is 75.3 Å². The fraction of sp³-hybridized carbons (Fsp3) is 0.200. The monoisotopic (exact) mass is 452 g/mol. The van der Waals surface area contributed by atoms with Gasteiger partial charge in [0, 0.05) is 22.8 Å². The summed E-state index contributed by atoms with van der Waals surface area (Å²) in [5.41, 5.74) is -1.72. The number of carbonyl (C=O) groups is 1. The number of amides is 1. The molecule has 1 aromatic carbocycles. The number of alkyl halides is 3. The van der Waals surface area contributed by atoms with Gasteiger partial charge in [0.1, 0.15) is 11.3 Å². The van der Waals surface area contributed by atoms with Gasteiger partial charge < -0.3 is 10.4 Å². The van der Waals surface area contributed by atoms with E-state index in [0.29, 0.717) is 5.02 Å². The number of hydrogen-bond acceptors (Lipinski definition) is 5. The van der Waals surface area contributed by atoms with E-state index in [0.717, 1.165) is 29.1 Å². The number of nitrogens with zero attached hydrogens (tertiary/aromatic N) is 3. The Bertz CT molecular complexity index is 1160. The minimum Gasteiger partial charge on any atom is -0.394 e. The van der Waals surface area contributed by atoms with Crippen LogP contribution in [0.3, 0.4) is 0 Å². The molecule has 0 bridgehead atoms. The molecular weight excluding hydrogens is 437 g/mol. The number of aromatic nitrogens is 3. The molecule has 0 saturated carbocycles. The summed E-state index contributed by atoms with van der Waals surface area (Å²) >= 11 is 5.99. The van der Waals surface area contributed by atoms with Crippen LogP contribution in [0.4, 0.5) is 13.2 Å². The highest BCUT2D eigenvalue weighted by molar-refractivity contribution is 6.30. The number of rotatable bonds is 5. The van der Waals surface area contributed by atoms with Crippen LogP contribution in [-0.2, 0) is 6.18 Å². The highest BCUT2D eigenvalue weighted by Crippen LogP contribution is 2.28. The molecule has 0 radical (unpaired) electrons. The molecule has 0 spiro atoms. The fourth-order valence-corrected chi connectivity index (χ4v) is 2.83. The summed E-state index contributed by atoms with van der Waals surface area (Å²) in [5.74, 6) is -0.772. The van der Waals surface area contributed by atoms with Crippen molar-refractivity contribution in [2.45, 2.75) is 19.1 Å². The summed E-state index contributed by atoms with van der Waals surface area (Å²) in [6.45, 7) is 1.18. The Labute approximate surface area is 179 Å². The smallest absolute Gasteiger partial charge is 0.394 e. The SMILES string of the molecule is CC(CO)NC(=O)c1cc(-c2ccc(C(F)(F)F)nc2)nn(-c2cccc(Cl)c2)c1=O. The predicted molar refractivity (Wildman–Crippen MR) is 107 cm³/mol. The molecule has 3 aromatic rings. The normalized spacial score (nSPS) is 12.5. The van der Waals surface area contributed by atoms with Crippen LogP contribution in [0.1, 0.15) is 23.0 Å². The lowest BCUT2D eigenvalue weighted by molar-refractivity contribution is -0.141. The van der Waals surface area contributed by atoms with E-state index in [9.17, 15) is 22.8 Å². The Hall–Kier alpha value is -3.24. The molecule has 0 aliphatic heterocycles. The van der Waals surface area contributed by atoms with E-state index in [1.165, 1.54) is 19.1 Å². The molecule has 31 heavy (non-hydrogen) atoms. The lowest BCUT2D eigenvalue weighted by atomic mass is 10.1. The van der Waals surface area contributed by atoms with Gasteiger partial charge in [0.25, 0.3) is 11.5 Å². The molecule has 7 nitrogen and oxygen atoms in total. The standard InChI is InChI=1S/C20H16ClF3N4O3/c1-11(10-29)26-18(30)15-8-16(12-5-6-17(25-9-12)20(22,23)24)27-28(19(15)31)14-4-2-3-13(21)7-14/h2-9,11,29H,10H2,1H3,(H,26,30). The van der Waals surface area contributed by atoms with E-state index >= 15 is 0 Å². The molecule has 0 aliphatic carbocycles. The first-order valence-corrected chi connectivity index (χ1v) is 9.33. The van der Waals surface area contributed by atoms with Gasteiger partial charge in [-0.3, -0.25) is 14.6 Å². The van der Waals surface area contributed by atoms with Crippen LogP contribution in [0.15, 0.2) is 53.5 Å². The van der Waals surface area contributed by atoms with E-state index in [1.54, 1.807) is 12.1 Å². The number of aliphatic hydroxyl groups is 1. The van der Waals surface area contributed by atoms with Gasteiger partial charge in [-0.1, -0.05) is 17.7 Å². The van der Waals surface area contributed by atoms with E-state index in [2.05, 4.69) is 15.4 Å². The molecule has 0 saturated heterocycles. The van der Waals surface area contributed by atoms with Crippen LogP contribution in [0, 0.1) is 0 Å². The second-order valence-corrected chi connectivity index (χ2v) is 7.06. The average molecular weight is 453 g/mol. The van der Waals surface area contributed by atoms with Gasteiger partial charge in [0.2, 0.25) is 0 Å². The second-order valence-electron chi connectivity index (χ2n) is 6.63. The summed E-state index contributed by atoms with van der Waals surface area (Å²) in [6, 6.07) is 8.59. The third-order valence-electron chi connectivity index (χ3n) is 4.21. The summed E-state index contributed by atoms with van der Waals surface area (Å²) < 4.78 is 39.4. The second kappa shape index (κ2) is 8.86. The van der Waals surface area contributed by atoms with Crippen molar-refractivity contribution in [1.82, 2.24) is 20.1 Å². The topological polar surface area (TPSA) is 97.1 Å². The summed E-state index contributed by atoms with van der Waals surface area (Å²) in [4.78, 5) is 28.9. The molecule has 162 valence electrons. The van der Waals surface area contributed by atoms with Gasteiger partial charge in [-0.05, 0) is 43.3 Å². The third kappa shape index (κ3) is 5.09. The van der Waals surface area contributed by atoms with Gasteiger partial charge in [0.15, 0.2) is 0 Å². The first kappa shape index (κ1) is 22.4. The highest BCUT2D eigenvalue weighted by Gasteiger charge is 2.32. The number of pyridine rings is 1. The Balaban J connectivity index is 2.17. The molecule has 1 amide bonds. The van der Waals surface area contributed by atoms with Crippen LogP contribution in [0.2, 0.25) is 5.02 Å². The predicted octanol–water partition coefficient (Wildman–Crippen LogP) is 3.08. The van der Waals surface area contributed by atoms with Crippen molar-refractivity contribution in [2.75, 3.05) is 6.61 Å². The average Bonchev–Trinajstić information content (AvgIpc) is 2.73. The van der Waals surface area contributed by atoms with E-state index in [1.807, 2.05) is 0 Å². The van der Waals surface area contributed by atoms with Crippen molar-refractivity contribution < 1.29 is 23.1 Å². The first-order chi connectivity index (χ1) is 14.6. The Kier molecular flexibility index (Phi) is 6.42. The zero-order valence-corrected chi connectivity index (χ0v) is 16.8. The maximum atomic E-state index is 12.9. The van der Waals surface area contributed by atoms with Crippen molar-refractivity contribution in [3.63, 3.8) is 0 Å². The summed E-state index contributed by atoms with van der Waals surface area (Å²) in [5, 5.41) is 16.1. The van der Waals surface area contributed by atoms with Gasteiger partial charge in [0.05, 0.1) is 18.0 Å². The molecule has 2 aromatic heterocycles. The van der Waals surface area contributed by atoms with Crippen molar-refractivity contribution >= 4 is 17.5 Å². The molecule has 1 unspecified atom stereocenters. The highest BCUT2D eigenvalue weighted by atomic mass is 35.5. The molecule has 2 N–H and O–H groups in total. The molecular formula is C20H16ClF3N4O3. The number of hydrogen-bond donors (Lipinski definition) is 2. The fourth-order valence-electron chi connectivity index (χ4n) is 2.64. The Morgan fingerprint density at radius 2 is 2.00 bits per heavy atom. The number of benzene rings is 1. The van der Waals surface area contributed by atoms with E-state index in [4.69, 9.17) is 16.7 Å². The molecule has 2 heterocycles. The van der Waals surface area contributed by atoms with E-state index in [-0.39, 0.29) is 29.1 Å². The van der Waals surface area contributed by atoms with Gasteiger partial charge in [-0.25, -0.2) is 0 Å². The lowest BCUT2D eigenvalue weighted by Gasteiger charge is -2.14. The molecule has 11 heteroatoms. The summed E-state index contributed by atoms with van der Waals surface area (Å²) in [7, 11) is 0. The largest absolute Gasteiger partial charge is 0.433 e. The molecule has 3 rings (SSSR count). The number of carbonyl (C=O) groups excluding carboxylic acids is 1. The zero-order valence-electron chi connectivity index (χ0n) is 16.0. The van der Waals surface area contributed by atoms with E-state index < -0.39 is 29.4 Å². The third-order valence-corrected chi connectivity index (χ3v) is 4.45. The van der Waals surface area contributed by atoms with Gasteiger partial charge >= 0.3 is 6.18 Å². The van der Waals surface area contributed by atoms with Crippen molar-refractivity contribution in [1.29, 1.82) is 0 Å². The maximum Gasteiger partial charge on any atom is 0.433 e. The first-order valence-electron chi connectivity index (χ1n) is 8.96. The number of halogens is 4. The maximum absolute atomic E-state index is 12.9. The van der Waals surface area contributed by atoms with Crippen molar-refractivity contribution in [3.8, 4) is 16.9 Å². The van der Waals surface area contributed by atoms with Gasteiger partial charge in [-0.2, -0.15) is 23.0 Å². The van der Waals surface area contributed by atoms with Crippen LogP contribution in [0.25, 0.3) is 16.9 Å².